The average Bonchev–Trinajstić information content (AvgIpc) is 2.77. The lowest BCUT2D eigenvalue weighted by atomic mass is 9.98. The first-order chi connectivity index (χ1) is 8.35. The average molecular weight is 240 g/mol. The summed E-state index contributed by atoms with van der Waals surface area (Å²) in [5, 5.41) is 8.37. The van der Waals surface area contributed by atoms with Gasteiger partial charge in [0.15, 0.2) is 5.82 Å². The fourth-order valence-corrected chi connectivity index (χ4v) is 2.07. The lowest BCUT2D eigenvalue weighted by Gasteiger charge is -2.22. The molecule has 6 heteroatoms. The van der Waals surface area contributed by atoms with Crippen molar-refractivity contribution in [3.63, 3.8) is 0 Å². The van der Waals surface area contributed by atoms with Crippen molar-refractivity contribution >= 4 is 0 Å². The molecule has 1 atom stereocenters. The van der Waals surface area contributed by atoms with Crippen molar-refractivity contribution in [3.05, 3.63) is 11.6 Å². The first kappa shape index (κ1) is 12.5. The van der Waals surface area contributed by atoms with Crippen molar-refractivity contribution in [2.24, 2.45) is 11.7 Å². The lowest BCUT2D eigenvalue weighted by molar-refractivity contribution is 0.0568. The Morgan fingerprint density at radius 1 is 1.41 bits per heavy atom. The molecule has 2 rings (SSSR count). The summed E-state index contributed by atoms with van der Waals surface area (Å²) < 4.78 is 12.5. The van der Waals surface area contributed by atoms with Gasteiger partial charge in [-0.15, -0.1) is 10.2 Å². The molecule has 0 amide bonds. The molecule has 0 saturated heterocycles. The van der Waals surface area contributed by atoms with Crippen LogP contribution in [0.3, 0.4) is 0 Å². The van der Waals surface area contributed by atoms with Gasteiger partial charge >= 0.3 is 0 Å². The monoisotopic (exact) mass is 240 g/mol. The van der Waals surface area contributed by atoms with Gasteiger partial charge in [-0.05, 0) is 18.9 Å². The fraction of sp³-hybridized carbons (Fsp3) is 0.818. The van der Waals surface area contributed by atoms with Crippen LogP contribution in [0.25, 0.3) is 0 Å². The standard InChI is InChI=1S/C11H20N4O2/c1-16-4-5-17-8-11-14-13-10-6-9(7-12)2-3-15(10)11/h9H,2-8,12H2,1H3. The van der Waals surface area contributed by atoms with Crippen molar-refractivity contribution in [1.29, 1.82) is 0 Å². The molecular weight excluding hydrogens is 220 g/mol. The maximum absolute atomic E-state index is 5.68. The summed E-state index contributed by atoms with van der Waals surface area (Å²) in [6, 6.07) is 0. The van der Waals surface area contributed by atoms with E-state index in [0.717, 1.165) is 37.6 Å². The third-order valence-electron chi connectivity index (χ3n) is 3.13. The molecule has 0 saturated carbocycles. The van der Waals surface area contributed by atoms with Crippen LogP contribution in [0.4, 0.5) is 0 Å². The van der Waals surface area contributed by atoms with Gasteiger partial charge < -0.3 is 19.8 Å². The highest BCUT2D eigenvalue weighted by atomic mass is 16.5. The van der Waals surface area contributed by atoms with E-state index in [1.807, 2.05) is 0 Å². The van der Waals surface area contributed by atoms with E-state index in [9.17, 15) is 0 Å². The Morgan fingerprint density at radius 3 is 3.06 bits per heavy atom. The Bertz CT molecular complexity index is 353. The minimum absolute atomic E-state index is 0.504. The zero-order valence-corrected chi connectivity index (χ0v) is 10.3. The van der Waals surface area contributed by atoms with E-state index >= 15 is 0 Å². The molecule has 2 heterocycles. The number of aromatic nitrogens is 3. The summed E-state index contributed by atoms with van der Waals surface area (Å²) in [4.78, 5) is 0. The highest BCUT2D eigenvalue weighted by molar-refractivity contribution is 4.99. The van der Waals surface area contributed by atoms with Crippen LogP contribution >= 0.6 is 0 Å². The van der Waals surface area contributed by atoms with E-state index < -0.39 is 0 Å². The first-order valence-corrected chi connectivity index (χ1v) is 6.03. The van der Waals surface area contributed by atoms with Crippen LogP contribution in [-0.2, 0) is 29.0 Å². The van der Waals surface area contributed by atoms with Gasteiger partial charge in [-0.25, -0.2) is 0 Å². The van der Waals surface area contributed by atoms with Crippen molar-refractivity contribution in [2.45, 2.75) is 26.0 Å². The van der Waals surface area contributed by atoms with Crippen molar-refractivity contribution in [1.82, 2.24) is 14.8 Å². The number of methoxy groups -OCH3 is 1. The number of rotatable bonds is 6. The lowest BCUT2D eigenvalue weighted by Crippen LogP contribution is -2.26. The number of hydrogen-bond acceptors (Lipinski definition) is 5. The normalized spacial score (nSPS) is 19.3. The zero-order valence-electron chi connectivity index (χ0n) is 10.3. The summed E-state index contributed by atoms with van der Waals surface area (Å²) in [6.07, 6.45) is 2.04. The van der Waals surface area contributed by atoms with E-state index in [-0.39, 0.29) is 0 Å². The largest absolute Gasteiger partial charge is 0.382 e. The first-order valence-electron chi connectivity index (χ1n) is 6.03. The number of nitrogens with zero attached hydrogens (tertiary/aromatic N) is 3. The van der Waals surface area contributed by atoms with Crippen LogP contribution < -0.4 is 5.73 Å². The van der Waals surface area contributed by atoms with Gasteiger partial charge in [-0.2, -0.15) is 0 Å². The predicted octanol–water partition coefficient (Wildman–Crippen LogP) is -0.0378. The number of fused-ring (bicyclic) bond motifs is 1. The van der Waals surface area contributed by atoms with Gasteiger partial charge in [0.05, 0.1) is 13.2 Å². The summed E-state index contributed by atoms with van der Waals surface area (Å²) >= 11 is 0. The maximum Gasteiger partial charge on any atom is 0.159 e. The van der Waals surface area contributed by atoms with Gasteiger partial charge in [-0.3, -0.25) is 0 Å². The fourth-order valence-electron chi connectivity index (χ4n) is 2.07. The maximum atomic E-state index is 5.68. The molecule has 2 N–H and O–H groups in total. The van der Waals surface area contributed by atoms with E-state index in [4.69, 9.17) is 15.2 Å². The Kier molecular flexibility index (Phi) is 4.47. The second kappa shape index (κ2) is 6.09. The van der Waals surface area contributed by atoms with Crippen LogP contribution in [0, 0.1) is 5.92 Å². The minimum Gasteiger partial charge on any atom is -0.382 e. The highest BCUT2D eigenvalue weighted by Crippen LogP contribution is 2.19. The molecule has 1 unspecified atom stereocenters. The van der Waals surface area contributed by atoms with Gasteiger partial charge in [0.25, 0.3) is 0 Å². The Balaban J connectivity index is 1.90. The molecule has 96 valence electrons. The Labute approximate surface area is 101 Å². The van der Waals surface area contributed by atoms with Crippen LogP contribution in [0.15, 0.2) is 0 Å². The van der Waals surface area contributed by atoms with Gasteiger partial charge in [-0.1, -0.05) is 0 Å². The van der Waals surface area contributed by atoms with E-state index in [2.05, 4.69) is 14.8 Å². The molecule has 1 aromatic rings. The van der Waals surface area contributed by atoms with E-state index in [1.54, 1.807) is 7.11 Å². The Hall–Kier alpha value is -0.980. The molecule has 1 aromatic heterocycles. The molecule has 0 aliphatic carbocycles. The van der Waals surface area contributed by atoms with Crippen LogP contribution in [0.2, 0.25) is 0 Å². The highest BCUT2D eigenvalue weighted by Gasteiger charge is 2.21. The Morgan fingerprint density at radius 2 is 2.29 bits per heavy atom. The zero-order chi connectivity index (χ0) is 12.1. The second-order valence-electron chi connectivity index (χ2n) is 4.32. The van der Waals surface area contributed by atoms with Gasteiger partial charge in [0.2, 0.25) is 0 Å². The topological polar surface area (TPSA) is 75.2 Å². The minimum atomic E-state index is 0.504. The summed E-state index contributed by atoms with van der Waals surface area (Å²) in [6.45, 7) is 3.38. The number of nitrogens with two attached hydrogens (primary N) is 1. The molecule has 0 fully saturated rings. The van der Waals surface area contributed by atoms with Gasteiger partial charge in [0.1, 0.15) is 12.4 Å². The molecular formula is C11H20N4O2. The van der Waals surface area contributed by atoms with Crippen molar-refractivity contribution in [3.8, 4) is 0 Å². The summed E-state index contributed by atoms with van der Waals surface area (Å²) in [7, 11) is 1.66. The predicted molar refractivity (Wildman–Crippen MR) is 62.4 cm³/mol. The van der Waals surface area contributed by atoms with Crippen molar-refractivity contribution < 1.29 is 9.47 Å². The molecule has 0 bridgehead atoms. The second-order valence-corrected chi connectivity index (χ2v) is 4.32. The van der Waals surface area contributed by atoms with Crippen LogP contribution in [0.1, 0.15) is 18.1 Å². The summed E-state index contributed by atoms with van der Waals surface area (Å²) in [5.74, 6) is 2.50. The molecule has 1 aliphatic heterocycles. The third-order valence-corrected chi connectivity index (χ3v) is 3.13. The third kappa shape index (κ3) is 3.02. The van der Waals surface area contributed by atoms with E-state index in [1.165, 1.54) is 0 Å². The summed E-state index contributed by atoms with van der Waals surface area (Å²) in [5.41, 5.74) is 5.68. The molecule has 1 aliphatic rings. The van der Waals surface area contributed by atoms with Crippen LogP contribution in [0.5, 0.6) is 0 Å². The van der Waals surface area contributed by atoms with Crippen LogP contribution in [-0.4, -0.2) is 41.6 Å². The van der Waals surface area contributed by atoms with E-state index in [0.29, 0.717) is 25.7 Å². The smallest absolute Gasteiger partial charge is 0.159 e. The molecule has 0 aromatic carbocycles. The SMILES string of the molecule is COCCOCc1nnc2n1CCC(CN)C2. The molecule has 0 spiro atoms. The molecule has 17 heavy (non-hydrogen) atoms. The quantitative estimate of drug-likeness (QED) is 0.706. The number of hydrogen-bond donors (Lipinski definition) is 1. The molecule has 0 radical (unpaired) electrons. The van der Waals surface area contributed by atoms with Crippen molar-refractivity contribution in [2.75, 3.05) is 26.9 Å². The van der Waals surface area contributed by atoms with Gasteiger partial charge in [0, 0.05) is 20.1 Å². The number of ether oxygens (including phenoxy) is 2. The molecule has 6 nitrogen and oxygen atoms in total.